The number of aryl methyl sites for hydroxylation is 1. The van der Waals surface area contributed by atoms with Crippen molar-refractivity contribution in [2.24, 2.45) is 0 Å². The van der Waals surface area contributed by atoms with Gasteiger partial charge < -0.3 is 14.6 Å². The topological polar surface area (TPSA) is 63.3 Å². The summed E-state index contributed by atoms with van der Waals surface area (Å²) in [7, 11) is 0. The van der Waals surface area contributed by atoms with Gasteiger partial charge in [-0.25, -0.2) is 0 Å². The fraction of sp³-hybridized carbons (Fsp3) is 0.300. The molecule has 0 saturated carbocycles. The smallest absolute Gasteiger partial charge is 0.255 e. The van der Waals surface area contributed by atoms with Gasteiger partial charge in [0.25, 0.3) is 5.91 Å². The molecule has 0 bridgehead atoms. The zero-order valence-electron chi connectivity index (χ0n) is 15.0. The third-order valence-corrected chi connectivity index (χ3v) is 4.32. The maximum Gasteiger partial charge on any atom is 0.255 e. The van der Waals surface area contributed by atoms with Gasteiger partial charge in [-0.05, 0) is 24.6 Å². The van der Waals surface area contributed by atoms with Crippen LogP contribution in [0.3, 0.4) is 0 Å². The van der Waals surface area contributed by atoms with E-state index in [1.807, 2.05) is 58.9 Å². The summed E-state index contributed by atoms with van der Waals surface area (Å²) in [6, 6.07) is 13.9. The second-order valence-electron chi connectivity index (χ2n) is 6.15. The number of rotatable bonds is 8. The van der Waals surface area contributed by atoms with Crippen LogP contribution in [0.4, 0.5) is 0 Å². The Bertz CT molecular complexity index is 838. The highest BCUT2D eigenvalue weighted by Crippen LogP contribution is 2.12. The van der Waals surface area contributed by atoms with Crippen LogP contribution < -0.4 is 0 Å². The van der Waals surface area contributed by atoms with E-state index < -0.39 is 0 Å². The molecule has 136 valence electrons. The Morgan fingerprint density at radius 1 is 1.19 bits per heavy atom. The van der Waals surface area contributed by atoms with E-state index >= 15 is 0 Å². The third-order valence-electron chi connectivity index (χ3n) is 4.32. The van der Waals surface area contributed by atoms with Crippen molar-refractivity contribution in [3.05, 3.63) is 77.9 Å². The molecule has 0 aliphatic rings. The fourth-order valence-corrected chi connectivity index (χ4v) is 2.99. The van der Waals surface area contributed by atoms with Gasteiger partial charge in [0.05, 0.1) is 24.4 Å². The standard InChI is InChI=1S/C20H24N4O2/c1-2-24-19(8-10-21-24)16-23(12-13-25)20(26)18-9-11-22(15-18)14-17-6-4-3-5-7-17/h3-11,15,25H,2,12-14,16H2,1H3. The van der Waals surface area contributed by atoms with Crippen molar-refractivity contribution in [3.63, 3.8) is 0 Å². The lowest BCUT2D eigenvalue weighted by molar-refractivity contribution is 0.0703. The average molecular weight is 352 g/mol. The largest absolute Gasteiger partial charge is 0.395 e. The number of carbonyl (C=O) groups is 1. The quantitative estimate of drug-likeness (QED) is 0.677. The van der Waals surface area contributed by atoms with E-state index in [9.17, 15) is 9.90 Å². The van der Waals surface area contributed by atoms with E-state index in [2.05, 4.69) is 17.2 Å². The average Bonchev–Trinajstić information content (AvgIpc) is 3.31. The molecule has 0 radical (unpaired) electrons. The first-order valence-corrected chi connectivity index (χ1v) is 8.81. The van der Waals surface area contributed by atoms with Crippen molar-refractivity contribution in [3.8, 4) is 0 Å². The minimum atomic E-state index is -0.0882. The molecule has 1 amide bonds. The lowest BCUT2D eigenvalue weighted by atomic mass is 10.2. The van der Waals surface area contributed by atoms with Crippen LogP contribution in [-0.4, -0.2) is 43.4 Å². The van der Waals surface area contributed by atoms with E-state index in [0.717, 1.165) is 18.8 Å². The highest BCUT2D eigenvalue weighted by molar-refractivity contribution is 5.94. The SMILES string of the molecule is CCn1nccc1CN(CCO)C(=O)c1ccn(Cc2ccccc2)c1. The fourth-order valence-electron chi connectivity index (χ4n) is 2.99. The highest BCUT2D eigenvalue weighted by atomic mass is 16.3. The van der Waals surface area contributed by atoms with E-state index in [-0.39, 0.29) is 19.1 Å². The van der Waals surface area contributed by atoms with E-state index in [1.165, 1.54) is 5.56 Å². The molecular weight excluding hydrogens is 328 g/mol. The van der Waals surface area contributed by atoms with Crippen LogP contribution in [0.15, 0.2) is 61.1 Å². The third kappa shape index (κ3) is 4.21. The Morgan fingerprint density at radius 2 is 2.00 bits per heavy atom. The molecular formula is C20H24N4O2. The number of aliphatic hydroxyl groups excluding tert-OH is 1. The number of hydrogen-bond acceptors (Lipinski definition) is 3. The van der Waals surface area contributed by atoms with Gasteiger partial charge in [0, 0.05) is 38.2 Å². The van der Waals surface area contributed by atoms with Gasteiger partial charge in [0.15, 0.2) is 0 Å². The van der Waals surface area contributed by atoms with Crippen LogP contribution in [0, 0.1) is 0 Å². The maximum absolute atomic E-state index is 12.9. The number of aliphatic hydroxyl groups is 1. The number of nitrogens with zero attached hydrogens (tertiary/aromatic N) is 4. The molecule has 1 N–H and O–H groups in total. The predicted octanol–water partition coefficient (Wildman–Crippen LogP) is 2.39. The van der Waals surface area contributed by atoms with Gasteiger partial charge >= 0.3 is 0 Å². The van der Waals surface area contributed by atoms with Gasteiger partial charge in [-0.3, -0.25) is 9.48 Å². The zero-order valence-corrected chi connectivity index (χ0v) is 15.0. The minimum absolute atomic E-state index is 0.0727. The molecule has 0 aliphatic heterocycles. The number of aromatic nitrogens is 3. The first-order chi connectivity index (χ1) is 12.7. The monoisotopic (exact) mass is 352 g/mol. The Kier molecular flexibility index (Phi) is 5.86. The Labute approximate surface area is 153 Å². The Balaban J connectivity index is 1.73. The molecule has 6 nitrogen and oxygen atoms in total. The van der Waals surface area contributed by atoms with E-state index in [1.54, 1.807) is 11.1 Å². The summed E-state index contributed by atoms with van der Waals surface area (Å²) < 4.78 is 3.86. The van der Waals surface area contributed by atoms with Crippen LogP contribution in [0.2, 0.25) is 0 Å². The van der Waals surface area contributed by atoms with Crippen molar-refractivity contribution < 1.29 is 9.90 Å². The molecule has 0 atom stereocenters. The van der Waals surface area contributed by atoms with Crippen molar-refractivity contribution in [2.45, 2.75) is 26.6 Å². The van der Waals surface area contributed by atoms with Gasteiger partial charge in [-0.1, -0.05) is 30.3 Å². The summed E-state index contributed by atoms with van der Waals surface area (Å²) in [6.45, 7) is 4.12. The number of carbonyl (C=O) groups excluding carboxylic acids is 1. The molecule has 1 aromatic carbocycles. The van der Waals surface area contributed by atoms with Gasteiger partial charge in [-0.15, -0.1) is 0 Å². The summed E-state index contributed by atoms with van der Waals surface area (Å²) in [4.78, 5) is 14.6. The maximum atomic E-state index is 12.9. The van der Waals surface area contributed by atoms with E-state index in [4.69, 9.17) is 0 Å². The Hall–Kier alpha value is -2.86. The first kappa shape index (κ1) is 17.9. The molecule has 0 spiro atoms. The zero-order chi connectivity index (χ0) is 18.4. The van der Waals surface area contributed by atoms with Crippen molar-refractivity contribution in [1.82, 2.24) is 19.2 Å². The molecule has 3 aromatic rings. The molecule has 0 aliphatic carbocycles. The van der Waals surface area contributed by atoms with Gasteiger partial charge in [0.2, 0.25) is 0 Å². The molecule has 0 fully saturated rings. The van der Waals surface area contributed by atoms with Gasteiger partial charge in [-0.2, -0.15) is 5.10 Å². The lowest BCUT2D eigenvalue weighted by Crippen LogP contribution is -2.33. The van der Waals surface area contributed by atoms with Crippen LogP contribution in [-0.2, 0) is 19.6 Å². The highest BCUT2D eigenvalue weighted by Gasteiger charge is 2.18. The summed E-state index contributed by atoms with van der Waals surface area (Å²) in [5, 5.41) is 13.6. The van der Waals surface area contributed by atoms with Crippen LogP contribution >= 0.6 is 0 Å². The molecule has 26 heavy (non-hydrogen) atoms. The second kappa shape index (κ2) is 8.49. The first-order valence-electron chi connectivity index (χ1n) is 8.81. The number of benzene rings is 1. The normalized spacial score (nSPS) is 10.8. The van der Waals surface area contributed by atoms with E-state index in [0.29, 0.717) is 12.1 Å². The summed E-state index contributed by atoms with van der Waals surface area (Å²) >= 11 is 0. The number of amides is 1. The lowest BCUT2D eigenvalue weighted by Gasteiger charge is -2.21. The number of hydrogen-bond donors (Lipinski definition) is 1. The second-order valence-corrected chi connectivity index (χ2v) is 6.15. The van der Waals surface area contributed by atoms with Crippen molar-refractivity contribution in [1.29, 1.82) is 0 Å². The van der Waals surface area contributed by atoms with Gasteiger partial charge in [0.1, 0.15) is 0 Å². The van der Waals surface area contributed by atoms with Crippen LogP contribution in [0.1, 0.15) is 28.5 Å². The summed E-state index contributed by atoms with van der Waals surface area (Å²) in [5.74, 6) is -0.0882. The van der Waals surface area contributed by atoms with Crippen molar-refractivity contribution in [2.75, 3.05) is 13.2 Å². The molecule has 2 aromatic heterocycles. The summed E-state index contributed by atoms with van der Waals surface area (Å²) in [5.41, 5.74) is 2.76. The molecule has 6 heteroatoms. The van der Waals surface area contributed by atoms with Crippen LogP contribution in [0.5, 0.6) is 0 Å². The molecule has 2 heterocycles. The van der Waals surface area contributed by atoms with Crippen LogP contribution in [0.25, 0.3) is 0 Å². The molecule has 0 unspecified atom stereocenters. The predicted molar refractivity (Wildman–Crippen MR) is 99.7 cm³/mol. The van der Waals surface area contributed by atoms with Crippen molar-refractivity contribution >= 4 is 5.91 Å². The Morgan fingerprint density at radius 3 is 2.73 bits per heavy atom. The molecule has 3 rings (SSSR count). The minimum Gasteiger partial charge on any atom is -0.395 e. The molecule has 0 saturated heterocycles. The summed E-state index contributed by atoms with van der Waals surface area (Å²) in [6.07, 6.45) is 5.50.